The van der Waals surface area contributed by atoms with Crippen LogP contribution in [-0.4, -0.2) is 17.8 Å². The second kappa shape index (κ2) is 5.76. The zero-order valence-corrected chi connectivity index (χ0v) is 10.1. The standard InChI is InChI=1S/C12H12ClFN2O/c1-2-16-12(13,8-17)6-9-3-4-11(14)5-10(9)7-15/h3-5,8,16H,2,6H2,1H3. The number of hydrogen-bond donors (Lipinski definition) is 1. The number of carbonyl (C=O) groups excluding carboxylic acids is 1. The van der Waals surface area contributed by atoms with Crippen LogP contribution in [0.1, 0.15) is 18.1 Å². The minimum Gasteiger partial charge on any atom is -0.300 e. The number of nitrogens with zero attached hydrogens (tertiary/aromatic N) is 1. The molecule has 0 spiro atoms. The number of hydrogen-bond acceptors (Lipinski definition) is 3. The molecule has 0 aromatic heterocycles. The van der Waals surface area contributed by atoms with Crippen LogP contribution in [0.4, 0.5) is 4.39 Å². The summed E-state index contributed by atoms with van der Waals surface area (Å²) in [5.74, 6) is -0.486. The van der Waals surface area contributed by atoms with Crippen molar-refractivity contribution in [2.75, 3.05) is 6.54 Å². The number of halogens is 2. The van der Waals surface area contributed by atoms with E-state index in [-0.39, 0.29) is 12.0 Å². The molecule has 0 saturated carbocycles. The van der Waals surface area contributed by atoms with Crippen LogP contribution in [0.3, 0.4) is 0 Å². The molecule has 5 heteroatoms. The Morgan fingerprint density at radius 3 is 2.88 bits per heavy atom. The van der Waals surface area contributed by atoms with Crippen molar-refractivity contribution in [3.63, 3.8) is 0 Å². The molecule has 0 radical (unpaired) electrons. The highest BCUT2D eigenvalue weighted by atomic mass is 35.5. The van der Waals surface area contributed by atoms with E-state index < -0.39 is 10.8 Å². The second-order valence-electron chi connectivity index (χ2n) is 3.60. The molecule has 1 N–H and O–H groups in total. The number of alkyl halides is 1. The van der Waals surface area contributed by atoms with Crippen molar-refractivity contribution in [3.8, 4) is 6.07 Å². The summed E-state index contributed by atoms with van der Waals surface area (Å²) in [6, 6.07) is 5.72. The highest BCUT2D eigenvalue weighted by Crippen LogP contribution is 2.19. The fourth-order valence-electron chi connectivity index (χ4n) is 1.52. The van der Waals surface area contributed by atoms with Gasteiger partial charge in [-0.15, -0.1) is 0 Å². The summed E-state index contributed by atoms with van der Waals surface area (Å²) in [7, 11) is 0. The van der Waals surface area contributed by atoms with Gasteiger partial charge in [-0.25, -0.2) is 4.39 Å². The molecule has 1 atom stereocenters. The quantitative estimate of drug-likeness (QED) is 0.497. The lowest BCUT2D eigenvalue weighted by molar-refractivity contribution is -0.110. The van der Waals surface area contributed by atoms with Crippen molar-refractivity contribution in [3.05, 3.63) is 35.1 Å². The summed E-state index contributed by atoms with van der Waals surface area (Å²) < 4.78 is 12.9. The summed E-state index contributed by atoms with van der Waals surface area (Å²) >= 11 is 6.04. The maximum Gasteiger partial charge on any atom is 0.155 e. The molecule has 1 aromatic rings. The number of nitriles is 1. The van der Waals surface area contributed by atoms with Crippen molar-refractivity contribution in [1.82, 2.24) is 5.32 Å². The van der Waals surface area contributed by atoms with E-state index in [2.05, 4.69) is 5.32 Å². The lowest BCUT2D eigenvalue weighted by atomic mass is 10.0. The highest BCUT2D eigenvalue weighted by Gasteiger charge is 2.26. The van der Waals surface area contributed by atoms with E-state index in [9.17, 15) is 9.18 Å². The van der Waals surface area contributed by atoms with Gasteiger partial charge in [0.05, 0.1) is 11.6 Å². The number of likely N-dealkylation sites (N-methyl/N-ethyl adjacent to an activating group) is 1. The summed E-state index contributed by atoms with van der Waals surface area (Å²) in [5.41, 5.74) is 0.728. The van der Waals surface area contributed by atoms with Crippen LogP contribution < -0.4 is 5.32 Å². The van der Waals surface area contributed by atoms with E-state index >= 15 is 0 Å². The molecule has 0 heterocycles. The molecule has 0 aliphatic heterocycles. The first-order chi connectivity index (χ1) is 8.04. The van der Waals surface area contributed by atoms with Gasteiger partial charge < -0.3 is 0 Å². The summed E-state index contributed by atoms with van der Waals surface area (Å²) in [4.78, 5) is 9.68. The minimum atomic E-state index is -1.25. The molecule has 0 bridgehead atoms. The first-order valence-electron chi connectivity index (χ1n) is 5.13. The topological polar surface area (TPSA) is 52.9 Å². The zero-order chi connectivity index (χ0) is 12.9. The number of aldehydes is 1. The third kappa shape index (κ3) is 3.52. The minimum absolute atomic E-state index is 0.134. The second-order valence-corrected chi connectivity index (χ2v) is 4.28. The number of rotatable bonds is 5. The molecular formula is C12H12ClFN2O. The van der Waals surface area contributed by atoms with E-state index in [0.29, 0.717) is 18.4 Å². The molecule has 1 rings (SSSR count). The third-order valence-corrected chi connectivity index (χ3v) is 2.65. The Morgan fingerprint density at radius 1 is 1.65 bits per heavy atom. The van der Waals surface area contributed by atoms with E-state index in [1.165, 1.54) is 12.1 Å². The Labute approximate surface area is 104 Å². The van der Waals surface area contributed by atoms with Gasteiger partial charge in [-0.05, 0) is 24.2 Å². The van der Waals surface area contributed by atoms with E-state index in [1.54, 1.807) is 0 Å². The predicted octanol–water partition coefficient (Wildman–Crippen LogP) is 1.98. The third-order valence-electron chi connectivity index (χ3n) is 2.30. The highest BCUT2D eigenvalue weighted by molar-refractivity contribution is 6.31. The molecular weight excluding hydrogens is 243 g/mol. The largest absolute Gasteiger partial charge is 0.300 e. The number of nitrogens with one attached hydrogen (secondary N) is 1. The average molecular weight is 255 g/mol. The Morgan fingerprint density at radius 2 is 2.35 bits per heavy atom. The van der Waals surface area contributed by atoms with Crippen LogP contribution in [0.5, 0.6) is 0 Å². The maximum absolute atomic E-state index is 12.9. The van der Waals surface area contributed by atoms with Crippen LogP contribution in [0.15, 0.2) is 18.2 Å². The van der Waals surface area contributed by atoms with Gasteiger partial charge in [0, 0.05) is 6.42 Å². The average Bonchev–Trinajstić information content (AvgIpc) is 2.32. The van der Waals surface area contributed by atoms with Crippen LogP contribution in [0.2, 0.25) is 0 Å². The van der Waals surface area contributed by atoms with Crippen molar-refractivity contribution in [1.29, 1.82) is 5.26 Å². The fraction of sp³-hybridized carbons (Fsp3) is 0.333. The van der Waals surface area contributed by atoms with Crippen molar-refractivity contribution in [2.24, 2.45) is 0 Å². The lowest BCUT2D eigenvalue weighted by Crippen LogP contribution is -2.43. The molecule has 0 fully saturated rings. The molecule has 0 saturated heterocycles. The van der Waals surface area contributed by atoms with Gasteiger partial charge in [-0.1, -0.05) is 24.6 Å². The summed E-state index contributed by atoms with van der Waals surface area (Å²) in [6.45, 7) is 2.34. The molecule has 90 valence electrons. The Bertz CT molecular complexity index is 458. The first kappa shape index (κ1) is 13.6. The molecule has 3 nitrogen and oxygen atoms in total. The Hall–Kier alpha value is -1.44. The Balaban J connectivity index is 3.02. The van der Waals surface area contributed by atoms with Gasteiger partial charge >= 0.3 is 0 Å². The molecule has 0 aliphatic carbocycles. The molecule has 1 aromatic carbocycles. The normalized spacial score (nSPS) is 13.8. The molecule has 17 heavy (non-hydrogen) atoms. The van der Waals surface area contributed by atoms with Gasteiger partial charge in [0.2, 0.25) is 0 Å². The lowest BCUT2D eigenvalue weighted by Gasteiger charge is -2.21. The predicted molar refractivity (Wildman–Crippen MR) is 63.1 cm³/mol. The van der Waals surface area contributed by atoms with Crippen molar-refractivity contribution >= 4 is 17.9 Å². The van der Waals surface area contributed by atoms with Crippen molar-refractivity contribution < 1.29 is 9.18 Å². The first-order valence-corrected chi connectivity index (χ1v) is 5.51. The van der Waals surface area contributed by atoms with E-state index in [1.807, 2.05) is 13.0 Å². The van der Waals surface area contributed by atoms with Gasteiger partial charge in [0.1, 0.15) is 5.82 Å². The van der Waals surface area contributed by atoms with E-state index in [4.69, 9.17) is 16.9 Å². The van der Waals surface area contributed by atoms with Gasteiger partial charge in [-0.3, -0.25) is 10.1 Å². The summed E-state index contributed by atoms with van der Waals surface area (Å²) in [6.07, 6.45) is 0.720. The van der Waals surface area contributed by atoms with Gasteiger partial charge in [0.25, 0.3) is 0 Å². The molecule has 0 amide bonds. The fourth-order valence-corrected chi connectivity index (χ4v) is 1.80. The number of benzene rings is 1. The monoisotopic (exact) mass is 254 g/mol. The van der Waals surface area contributed by atoms with Gasteiger partial charge in [-0.2, -0.15) is 5.26 Å². The Kier molecular flexibility index (Phi) is 4.62. The molecule has 0 aliphatic rings. The maximum atomic E-state index is 12.9. The van der Waals surface area contributed by atoms with Crippen LogP contribution in [0.25, 0.3) is 0 Å². The van der Waals surface area contributed by atoms with Crippen molar-refractivity contribution in [2.45, 2.75) is 18.3 Å². The van der Waals surface area contributed by atoms with Gasteiger partial charge in [0.15, 0.2) is 11.3 Å². The molecule has 1 unspecified atom stereocenters. The zero-order valence-electron chi connectivity index (χ0n) is 9.34. The van der Waals surface area contributed by atoms with Crippen LogP contribution in [-0.2, 0) is 11.2 Å². The SMILES string of the molecule is CCNC(Cl)(C=O)Cc1ccc(F)cc1C#N. The number of carbonyl (C=O) groups is 1. The van der Waals surface area contributed by atoms with Crippen LogP contribution in [0, 0.1) is 17.1 Å². The van der Waals surface area contributed by atoms with Crippen LogP contribution >= 0.6 is 11.6 Å². The summed E-state index contributed by atoms with van der Waals surface area (Å²) in [5, 5.41) is 11.7. The smallest absolute Gasteiger partial charge is 0.155 e. The van der Waals surface area contributed by atoms with E-state index in [0.717, 1.165) is 6.07 Å².